The van der Waals surface area contributed by atoms with Crippen molar-refractivity contribution in [3.05, 3.63) is 81.1 Å². The molecule has 10 nitrogen and oxygen atoms in total. The summed E-state index contributed by atoms with van der Waals surface area (Å²) >= 11 is 0. The van der Waals surface area contributed by atoms with Gasteiger partial charge in [0.2, 0.25) is 11.6 Å². The van der Waals surface area contributed by atoms with Crippen molar-refractivity contribution in [1.82, 2.24) is 15.4 Å². The van der Waals surface area contributed by atoms with Crippen molar-refractivity contribution in [2.24, 2.45) is 11.8 Å². The number of nitrogens with zero attached hydrogens (tertiary/aromatic N) is 3. The average Bonchev–Trinajstić information content (AvgIpc) is 3.44. The molecular weight excluding hydrogens is 649 g/mol. The molecule has 268 valence electrons. The van der Waals surface area contributed by atoms with Crippen LogP contribution in [-0.4, -0.2) is 75.9 Å². The molecule has 50 heavy (non-hydrogen) atoms. The molecule has 6 rings (SSSR count). The van der Waals surface area contributed by atoms with Gasteiger partial charge in [-0.05, 0) is 92.4 Å². The van der Waals surface area contributed by atoms with Crippen LogP contribution in [0.3, 0.4) is 0 Å². The van der Waals surface area contributed by atoms with Crippen LogP contribution in [0.2, 0.25) is 18.1 Å². The van der Waals surface area contributed by atoms with E-state index in [0.29, 0.717) is 30.7 Å². The molecule has 3 aliphatic rings. The molecule has 3 aliphatic carbocycles. The molecule has 2 N–H and O–H groups in total. The van der Waals surface area contributed by atoms with Gasteiger partial charge < -0.3 is 29.0 Å². The fourth-order valence-corrected chi connectivity index (χ4v) is 9.65. The molecule has 0 aliphatic heterocycles. The lowest BCUT2D eigenvalue weighted by atomic mass is 9.57. The third kappa shape index (κ3) is 5.53. The van der Waals surface area contributed by atoms with Gasteiger partial charge >= 0.3 is 0 Å². The van der Waals surface area contributed by atoms with Crippen LogP contribution in [0, 0.1) is 18.8 Å². The van der Waals surface area contributed by atoms with E-state index in [-0.39, 0.29) is 40.3 Å². The number of aryl methyl sites for hydroxylation is 1. The summed E-state index contributed by atoms with van der Waals surface area (Å²) < 4.78 is 19.4. The Labute approximate surface area is 296 Å². The Morgan fingerprint density at radius 1 is 1.08 bits per heavy atom. The van der Waals surface area contributed by atoms with Gasteiger partial charge in [-0.3, -0.25) is 14.5 Å². The number of hydrogen-bond donors (Lipinski definition) is 2. The second-order valence-electron chi connectivity index (χ2n) is 16.2. The molecule has 1 fully saturated rings. The van der Waals surface area contributed by atoms with Crippen LogP contribution >= 0.6 is 0 Å². The Balaban J connectivity index is 1.59. The predicted molar refractivity (Wildman–Crippen MR) is 197 cm³/mol. The number of anilines is 1. The van der Waals surface area contributed by atoms with Crippen molar-refractivity contribution < 1.29 is 28.4 Å². The zero-order chi connectivity index (χ0) is 36.5. The number of rotatable bonds is 9. The molecule has 4 atom stereocenters. The van der Waals surface area contributed by atoms with Gasteiger partial charge in [-0.1, -0.05) is 57.2 Å². The summed E-state index contributed by atoms with van der Waals surface area (Å²) in [6.45, 7) is 13.2. The normalized spacial score (nSPS) is 23.4. The van der Waals surface area contributed by atoms with E-state index in [2.05, 4.69) is 55.3 Å². The lowest BCUT2D eigenvalue weighted by Crippen LogP contribution is -2.68. The summed E-state index contributed by atoms with van der Waals surface area (Å²) in [5, 5.41) is 19.5. The van der Waals surface area contributed by atoms with Gasteiger partial charge in [0, 0.05) is 43.4 Å². The summed E-state index contributed by atoms with van der Waals surface area (Å²) in [6, 6.07) is 11.2. The number of aromatic nitrogens is 1. The molecule has 0 spiro atoms. The highest BCUT2D eigenvalue weighted by atomic mass is 28.4. The fourth-order valence-electron chi connectivity index (χ4n) is 8.21. The minimum Gasteiger partial charge on any atom is -0.507 e. The number of ketones is 2. The molecule has 0 radical (unpaired) electrons. The summed E-state index contributed by atoms with van der Waals surface area (Å²) in [5.41, 5.74) is 4.12. The third-order valence-corrected chi connectivity index (χ3v) is 15.8. The molecule has 0 saturated heterocycles. The minimum atomic E-state index is -2.82. The van der Waals surface area contributed by atoms with E-state index in [1.807, 2.05) is 77.4 Å². The van der Waals surface area contributed by atoms with Crippen molar-refractivity contribution in [1.29, 1.82) is 0 Å². The van der Waals surface area contributed by atoms with Crippen LogP contribution < -0.4 is 15.0 Å². The SMILES string of the molecule is CNCc1cc(C)c2c(c1N(C)C)C[C@H]1C[C@H]3[C@H](N(C)C)c4onc(OCc5ccccc5)c4C(=O)[C@@]3(O[Si](C)(C)C(C)(C)C)C(=O)C1=C2O. The molecule has 2 aromatic carbocycles. The zero-order valence-corrected chi connectivity index (χ0v) is 32.4. The smallest absolute Gasteiger partial charge is 0.265 e. The maximum absolute atomic E-state index is 15.6. The number of Topliss-reactive ketones (excluding diaryl/α,β-unsaturated/α-hetero) is 2. The number of hydrogen-bond acceptors (Lipinski definition) is 10. The lowest BCUT2D eigenvalue weighted by Gasteiger charge is -2.55. The number of benzene rings is 2. The molecular formula is C39H52N4O6Si. The van der Waals surface area contributed by atoms with Crippen LogP contribution in [-0.2, 0) is 28.8 Å². The van der Waals surface area contributed by atoms with Crippen LogP contribution in [0.15, 0.2) is 46.5 Å². The van der Waals surface area contributed by atoms with Gasteiger partial charge in [-0.25, -0.2) is 0 Å². The maximum atomic E-state index is 15.6. The molecule has 1 aromatic heterocycles. The van der Waals surface area contributed by atoms with E-state index < -0.39 is 37.4 Å². The molecule has 0 unspecified atom stereocenters. The standard InChI is InChI=1S/C39H52N4O6Si/c1-22-17-25(20-40-5)31(42(6)7)26-18-24-19-27-32(43(8)9)34-30(37(41-48-34)47-21-23-15-13-12-14-16-23)36(46)39(27,49-50(10,11)38(2,3)4)35(45)29(24)33(44)28(22)26/h12-17,24,27,32,40,44H,18-21H2,1-11H3/t24-,27-,32-,39-/m0/s1. The first-order chi connectivity index (χ1) is 23.5. The van der Waals surface area contributed by atoms with Gasteiger partial charge in [-0.15, -0.1) is 0 Å². The zero-order valence-electron chi connectivity index (χ0n) is 31.4. The van der Waals surface area contributed by atoms with E-state index >= 15 is 9.59 Å². The number of aliphatic hydroxyl groups excluding tert-OH is 1. The Hall–Kier alpha value is -3.77. The van der Waals surface area contributed by atoms with E-state index in [4.69, 9.17) is 13.7 Å². The molecule has 11 heteroatoms. The first-order valence-corrected chi connectivity index (χ1v) is 20.4. The highest BCUT2D eigenvalue weighted by Gasteiger charge is 2.68. The van der Waals surface area contributed by atoms with Gasteiger partial charge in [-0.2, -0.15) is 0 Å². The number of ether oxygens (including phenoxy) is 1. The highest BCUT2D eigenvalue weighted by molar-refractivity contribution is 6.74. The number of carbonyl (C=O) groups is 2. The van der Waals surface area contributed by atoms with E-state index in [0.717, 1.165) is 27.9 Å². The molecule has 1 heterocycles. The molecule has 0 amide bonds. The second-order valence-corrected chi connectivity index (χ2v) is 20.9. The van der Waals surface area contributed by atoms with Crippen molar-refractivity contribution >= 4 is 31.3 Å². The number of fused-ring (bicyclic) bond motifs is 4. The van der Waals surface area contributed by atoms with Gasteiger partial charge in [0.15, 0.2) is 19.7 Å². The van der Waals surface area contributed by atoms with Gasteiger partial charge in [0.25, 0.3) is 5.88 Å². The van der Waals surface area contributed by atoms with Crippen molar-refractivity contribution in [3.8, 4) is 5.88 Å². The van der Waals surface area contributed by atoms with E-state index in [1.54, 1.807) is 0 Å². The quantitative estimate of drug-likeness (QED) is 0.186. The van der Waals surface area contributed by atoms with Gasteiger partial charge in [0.05, 0.1) is 6.04 Å². The van der Waals surface area contributed by atoms with E-state index in [1.165, 1.54) is 0 Å². The summed E-state index contributed by atoms with van der Waals surface area (Å²) in [6.07, 6.45) is 0.971. The number of aliphatic hydroxyl groups is 1. The topological polar surface area (TPSA) is 117 Å². The van der Waals surface area contributed by atoms with Crippen LogP contribution in [0.25, 0.3) is 5.76 Å². The monoisotopic (exact) mass is 700 g/mol. The Morgan fingerprint density at radius 3 is 2.36 bits per heavy atom. The Kier molecular flexibility index (Phi) is 9.20. The maximum Gasteiger partial charge on any atom is 0.265 e. The number of nitrogens with one attached hydrogen (secondary N) is 1. The summed E-state index contributed by atoms with van der Waals surface area (Å²) in [4.78, 5) is 35.0. The lowest BCUT2D eigenvalue weighted by molar-refractivity contribution is -0.140. The van der Waals surface area contributed by atoms with Crippen molar-refractivity contribution in [2.45, 2.75) is 83.5 Å². The third-order valence-electron chi connectivity index (χ3n) is 11.4. The van der Waals surface area contributed by atoms with Crippen LogP contribution in [0.4, 0.5) is 5.69 Å². The van der Waals surface area contributed by atoms with Crippen LogP contribution in [0.1, 0.15) is 77.2 Å². The highest BCUT2D eigenvalue weighted by Crippen LogP contribution is 2.59. The molecule has 0 bridgehead atoms. The van der Waals surface area contributed by atoms with Crippen molar-refractivity contribution in [3.63, 3.8) is 0 Å². The fraction of sp³-hybridized carbons (Fsp3) is 0.513. The first-order valence-electron chi connectivity index (χ1n) is 17.5. The second kappa shape index (κ2) is 12.8. The average molecular weight is 701 g/mol. The summed E-state index contributed by atoms with van der Waals surface area (Å²) in [5.74, 6) is -1.55. The molecule has 3 aromatic rings. The minimum absolute atomic E-state index is 0.0445. The van der Waals surface area contributed by atoms with Gasteiger partial charge in [0.1, 0.15) is 17.9 Å². The van der Waals surface area contributed by atoms with Crippen LogP contribution in [0.5, 0.6) is 5.88 Å². The molecule has 1 saturated carbocycles. The predicted octanol–water partition coefficient (Wildman–Crippen LogP) is 6.64. The largest absolute Gasteiger partial charge is 0.507 e. The number of carbonyl (C=O) groups excluding carboxylic acids is 2. The van der Waals surface area contributed by atoms with Crippen molar-refractivity contribution in [2.75, 3.05) is 40.1 Å². The Morgan fingerprint density at radius 2 is 1.76 bits per heavy atom. The van der Waals surface area contributed by atoms with E-state index in [9.17, 15) is 5.11 Å². The summed E-state index contributed by atoms with van der Waals surface area (Å²) in [7, 11) is 6.97. The Bertz CT molecular complexity index is 1860. The first kappa shape index (κ1) is 36.0.